The van der Waals surface area contributed by atoms with Crippen LogP contribution in [0.25, 0.3) is 0 Å². The smallest absolute Gasteiger partial charge is 0.327 e. The number of benzene rings is 2. The molecule has 0 atom stereocenters. The van der Waals surface area contributed by atoms with Crippen molar-refractivity contribution >= 4 is 57.9 Å². The third kappa shape index (κ3) is 6.58. The minimum atomic E-state index is -0.478. The number of aromatic nitrogens is 2. The zero-order valence-corrected chi connectivity index (χ0v) is 24.0. The summed E-state index contributed by atoms with van der Waals surface area (Å²) in [4.78, 5) is 28.2. The third-order valence-electron chi connectivity index (χ3n) is 6.62. The van der Waals surface area contributed by atoms with Gasteiger partial charge in [0.1, 0.15) is 39.5 Å². The Hall–Kier alpha value is -3.47. The van der Waals surface area contributed by atoms with Crippen LogP contribution in [0.4, 0.5) is 33.5 Å². The molecule has 0 bridgehead atoms. The Labute approximate surface area is 238 Å². The first-order valence-corrected chi connectivity index (χ1v) is 13.5. The normalized spacial score (nSPS) is 13.6. The van der Waals surface area contributed by atoms with E-state index in [4.69, 9.17) is 32.7 Å². The molecule has 2 heterocycles. The van der Waals surface area contributed by atoms with Gasteiger partial charge in [-0.05, 0) is 37.7 Å². The van der Waals surface area contributed by atoms with Crippen LogP contribution in [0.3, 0.4) is 0 Å². The van der Waals surface area contributed by atoms with Crippen molar-refractivity contribution in [3.8, 4) is 11.5 Å². The Kier molecular flexibility index (Phi) is 9.55. The second-order valence-corrected chi connectivity index (χ2v) is 9.57. The lowest BCUT2D eigenvalue weighted by molar-refractivity contribution is 0.257. The van der Waals surface area contributed by atoms with Crippen LogP contribution < -0.4 is 29.9 Å². The second kappa shape index (κ2) is 13.1. The summed E-state index contributed by atoms with van der Waals surface area (Å²) < 4.78 is 10.6. The average molecular weight is 575 g/mol. The lowest BCUT2D eigenvalue weighted by Gasteiger charge is -2.35. The van der Waals surface area contributed by atoms with E-state index in [1.165, 1.54) is 31.1 Å². The number of carbonyl (C=O) groups excluding carboxylic acids is 1. The summed E-state index contributed by atoms with van der Waals surface area (Å²) in [7, 11) is 2.93. The highest BCUT2D eigenvalue weighted by Gasteiger charge is 2.23. The Bertz CT molecular complexity index is 1260. The number of halogens is 2. The maximum Gasteiger partial charge on any atom is 0.327 e. The van der Waals surface area contributed by atoms with Gasteiger partial charge in [0.15, 0.2) is 0 Å². The first-order valence-electron chi connectivity index (χ1n) is 12.7. The number of amides is 2. The molecule has 39 heavy (non-hydrogen) atoms. The summed E-state index contributed by atoms with van der Waals surface area (Å²) in [6.07, 6.45) is 1.41. The van der Waals surface area contributed by atoms with E-state index >= 15 is 0 Å². The second-order valence-electron chi connectivity index (χ2n) is 8.81. The predicted molar refractivity (Wildman–Crippen MR) is 158 cm³/mol. The zero-order valence-electron chi connectivity index (χ0n) is 22.5. The van der Waals surface area contributed by atoms with Gasteiger partial charge in [-0.1, -0.05) is 30.1 Å². The van der Waals surface area contributed by atoms with Gasteiger partial charge in [0.25, 0.3) is 0 Å². The van der Waals surface area contributed by atoms with Crippen molar-refractivity contribution < 1.29 is 14.3 Å². The van der Waals surface area contributed by atoms with Crippen LogP contribution in [0.1, 0.15) is 13.8 Å². The lowest BCUT2D eigenvalue weighted by Crippen LogP contribution is -2.46. The molecule has 2 aromatic carbocycles. The molecular formula is C27H33Cl2N7O3. The Morgan fingerprint density at radius 1 is 0.974 bits per heavy atom. The summed E-state index contributed by atoms with van der Waals surface area (Å²) in [5.74, 6) is 1.59. The number of urea groups is 1. The van der Waals surface area contributed by atoms with E-state index in [1.807, 2.05) is 19.1 Å². The standard InChI is InChI=1S/C27H33Cl2N7O3/c1-5-34-11-13-35(14-12-34)19-9-7-18(8-10-19)32-22-16-23(31-17-30-22)36(6-2)27(37)33-26-24(28)20(38-3)15-21(39-4)25(26)29/h7-10,15-17H,5-6,11-14H2,1-4H3,(H,33,37)(H,30,31,32). The number of hydrogen-bond donors (Lipinski definition) is 2. The number of rotatable bonds is 9. The van der Waals surface area contributed by atoms with Gasteiger partial charge in [-0.3, -0.25) is 4.90 Å². The number of anilines is 5. The summed E-state index contributed by atoms with van der Waals surface area (Å²) in [6, 6.07) is 11.0. The largest absolute Gasteiger partial charge is 0.495 e. The minimum absolute atomic E-state index is 0.161. The van der Waals surface area contributed by atoms with Gasteiger partial charge in [-0.2, -0.15) is 0 Å². The van der Waals surface area contributed by atoms with Crippen LogP contribution in [-0.2, 0) is 0 Å². The molecule has 0 radical (unpaired) electrons. The predicted octanol–water partition coefficient (Wildman–Crippen LogP) is 5.74. The number of likely N-dealkylation sites (N-methyl/N-ethyl adjacent to an activating group) is 1. The van der Waals surface area contributed by atoms with Crippen molar-refractivity contribution in [2.24, 2.45) is 0 Å². The Morgan fingerprint density at radius 3 is 2.18 bits per heavy atom. The Morgan fingerprint density at radius 2 is 1.62 bits per heavy atom. The molecule has 4 rings (SSSR count). The van der Waals surface area contributed by atoms with E-state index in [1.54, 1.807) is 12.1 Å². The fraction of sp³-hybridized carbons (Fsp3) is 0.370. The number of nitrogens with one attached hydrogen (secondary N) is 2. The SMILES string of the molecule is CCN1CCN(c2ccc(Nc3cc(N(CC)C(=O)Nc4c(Cl)c(OC)cc(OC)c4Cl)ncn3)cc2)CC1. The zero-order chi connectivity index (χ0) is 27.9. The maximum atomic E-state index is 13.3. The molecule has 1 aliphatic heterocycles. The summed E-state index contributed by atoms with van der Waals surface area (Å²) >= 11 is 12.9. The average Bonchev–Trinajstić information content (AvgIpc) is 2.96. The van der Waals surface area contributed by atoms with Crippen LogP contribution >= 0.6 is 23.2 Å². The molecule has 12 heteroatoms. The highest BCUT2D eigenvalue weighted by atomic mass is 35.5. The van der Waals surface area contributed by atoms with Crippen molar-refractivity contribution in [1.29, 1.82) is 0 Å². The van der Waals surface area contributed by atoms with E-state index in [9.17, 15) is 4.79 Å². The van der Waals surface area contributed by atoms with E-state index in [2.05, 4.69) is 49.5 Å². The van der Waals surface area contributed by atoms with Crippen LogP contribution in [0, 0.1) is 0 Å². The highest BCUT2D eigenvalue weighted by molar-refractivity contribution is 6.41. The van der Waals surface area contributed by atoms with Gasteiger partial charge in [0, 0.05) is 56.2 Å². The van der Waals surface area contributed by atoms with Crippen molar-refractivity contribution in [2.75, 3.05) is 73.9 Å². The molecule has 0 unspecified atom stereocenters. The molecule has 0 spiro atoms. The summed E-state index contributed by atoms with van der Waals surface area (Å²) in [5, 5.41) is 6.38. The van der Waals surface area contributed by atoms with Crippen molar-refractivity contribution in [2.45, 2.75) is 13.8 Å². The molecule has 2 amide bonds. The molecule has 208 valence electrons. The summed E-state index contributed by atoms with van der Waals surface area (Å²) in [5.41, 5.74) is 2.26. The molecule has 2 N–H and O–H groups in total. The van der Waals surface area contributed by atoms with Gasteiger partial charge >= 0.3 is 6.03 Å². The Balaban J connectivity index is 1.47. The fourth-order valence-electron chi connectivity index (χ4n) is 4.37. The van der Waals surface area contributed by atoms with Gasteiger partial charge in [-0.25, -0.2) is 14.8 Å². The molecule has 1 saturated heterocycles. The first-order chi connectivity index (χ1) is 18.9. The monoisotopic (exact) mass is 573 g/mol. The molecular weight excluding hydrogens is 541 g/mol. The maximum absolute atomic E-state index is 13.3. The van der Waals surface area contributed by atoms with Gasteiger partial charge < -0.3 is 29.9 Å². The van der Waals surface area contributed by atoms with E-state index in [0.717, 1.165) is 38.4 Å². The number of ether oxygens (including phenoxy) is 2. The van der Waals surface area contributed by atoms with Crippen molar-refractivity contribution in [1.82, 2.24) is 14.9 Å². The van der Waals surface area contributed by atoms with Gasteiger partial charge in [0.05, 0.1) is 19.9 Å². The molecule has 10 nitrogen and oxygen atoms in total. The highest BCUT2D eigenvalue weighted by Crippen LogP contribution is 2.44. The molecule has 0 saturated carbocycles. The van der Waals surface area contributed by atoms with Crippen LogP contribution in [0.15, 0.2) is 42.7 Å². The van der Waals surface area contributed by atoms with Crippen molar-refractivity contribution in [3.05, 3.63) is 52.8 Å². The van der Waals surface area contributed by atoms with Gasteiger partial charge in [-0.15, -0.1) is 0 Å². The first kappa shape index (κ1) is 28.5. The topological polar surface area (TPSA) is 95.1 Å². The summed E-state index contributed by atoms with van der Waals surface area (Å²) in [6.45, 7) is 9.64. The fourth-order valence-corrected chi connectivity index (χ4v) is 4.96. The third-order valence-corrected chi connectivity index (χ3v) is 7.37. The number of nitrogens with zero attached hydrogens (tertiary/aromatic N) is 5. The molecule has 1 aromatic heterocycles. The molecule has 1 fully saturated rings. The van der Waals surface area contributed by atoms with E-state index < -0.39 is 6.03 Å². The van der Waals surface area contributed by atoms with Crippen LogP contribution in [-0.4, -0.2) is 74.4 Å². The van der Waals surface area contributed by atoms with Crippen LogP contribution in [0.2, 0.25) is 10.0 Å². The number of methoxy groups -OCH3 is 2. The quantitative estimate of drug-likeness (QED) is 0.334. The number of carbonyl (C=O) groups is 1. The molecule has 3 aromatic rings. The van der Waals surface area contributed by atoms with Crippen LogP contribution in [0.5, 0.6) is 11.5 Å². The van der Waals surface area contributed by atoms with E-state index in [-0.39, 0.29) is 15.7 Å². The molecule has 0 aliphatic carbocycles. The minimum Gasteiger partial charge on any atom is -0.495 e. The number of hydrogen-bond acceptors (Lipinski definition) is 8. The lowest BCUT2D eigenvalue weighted by atomic mass is 10.2. The molecule has 1 aliphatic rings. The van der Waals surface area contributed by atoms with Gasteiger partial charge in [0.2, 0.25) is 0 Å². The number of piperazine rings is 1. The van der Waals surface area contributed by atoms with E-state index in [0.29, 0.717) is 29.7 Å². The van der Waals surface area contributed by atoms with Crippen molar-refractivity contribution in [3.63, 3.8) is 0 Å².